The molecule has 0 unspecified atom stereocenters. The Morgan fingerprint density at radius 2 is 1.96 bits per heavy atom. The van der Waals surface area contributed by atoms with Crippen molar-refractivity contribution in [2.75, 3.05) is 19.9 Å². The lowest BCUT2D eigenvalue weighted by atomic mass is 9.95. The zero-order chi connectivity index (χ0) is 17.9. The van der Waals surface area contributed by atoms with E-state index in [-0.39, 0.29) is 24.5 Å². The number of benzene rings is 1. The van der Waals surface area contributed by atoms with Gasteiger partial charge in [0.15, 0.2) is 11.5 Å². The molecule has 0 aliphatic carbocycles. The van der Waals surface area contributed by atoms with E-state index in [2.05, 4.69) is 5.32 Å². The van der Waals surface area contributed by atoms with Crippen molar-refractivity contribution in [1.82, 2.24) is 10.2 Å². The van der Waals surface area contributed by atoms with Crippen LogP contribution >= 0.6 is 11.3 Å². The van der Waals surface area contributed by atoms with Gasteiger partial charge in [0, 0.05) is 25.6 Å². The fraction of sp³-hybridized carbons (Fsp3) is 0.368. The molecule has 3 heterocycles. The molecule has 1 saturated heterocycles. The number of likely N-dealkylation sites (tertiary alicyclic amines) is 1. The van der Waals surface area contributed by atoms with E-state index < -0.39 is 0 Å². The smallest absolute Gasteiger partial charge is 0.263 e. The molecule has 0 atom stereocenters. The van der Waals surface area contributed by atoms with Crippen molar-refractivity contribution in [3.8, 4) is 11.5 Å². The molecule has 1 aromatic carbocycles. The Hall–Kier alpha value is -2.54. The van der Waals surface area contributed by atoms with Crippen LogP contribution in [0.5, 0.6) is 11.5 Å². The Balaban J connectivity index is 1.26. The second kappa shape index (κ2) is 7.37. The van der Waals surface area contributed by atoms with Crippen LogP contribution in [0, 0.1) is 5.92 Å². The Bertz CT molecular complexity index is 798. The number of piperidine rings is 1. The first-order valence-electron chi connectivity index (χ1n) is 8.70. The standard InChI is InChI=1S/C19H20N2O4S/c22-18(20-11-13-3-4-15-16(10-13)25-12-24-15)14-5-7-21(8-6-14)19(23)17-2-1-9-26-17/h1-4,9-10,14H,5-8,11-12H2,(H,20,22). The van der Waals surface area contributed by atoms with Crippen molar-refractivity contribution in [3.05, 3.63) is 46.2 Å². The van der Waals surface area contributed by atoms with Crippen LogP contribution in [0.4, 0.5) is 0 Å². The maximum absolute atomic E-state index is 12.4. The molecule has 0 radical (unpaired) electrons. The minimum absolute atomic E-state index is 0.0450. The van der Waals surface area contributed by atoms with E-state index in [4.69, 9.17) is 9.47 Å². The van der Waals surface area contributed by atoms with E-state index in [1.165, 1.54) is 11.3 Å². The lowest BCUT2D eigenvalue weighted by molar-refractivity contribution is -0.126. The van der Waals surface area contributed by atoms with Crippen LogP contribution < -0.4 is 14.8 Å². The van der Waals surface area contributed by atoms with E-state index in [9.17, 15) is 9.59 Å². The van der Waals surface area contributed by atoms with Gasteiger partial charge in [-0.25, -0.2) is 0 Å². The second-order valence-electron chi connectivity index (χ2n) is 6.45. The summed E-state index contributed by atoms with van der Waals surface area (Å²) >= 11 is 1.46. The molecular weight excluding hydrogens is 352 g/mol. The zero-order valence-electron chi connectivity index (χ0n) is 14.3. The van der Waals surface area contributed by atoms with Crippen LogP contribution in [0.3, 0.4) is 0 Å². The third-order valence-corrected chi connectivity index (χ3v) is 5.65. The number of nitrogens with one attached hydrogen (secondary N) is 1. The molecule has 2 aliphatic heterocycles. The maximum atomic E-state index is 12.4. The summed E-state index contributed by atoms with van der Waals surface area (Å²) in [7, 11) is 0. The largest absolute Gasteiger partial charge is 0.454 e. The molecule has 0 bridgehead atoms. The highest BCUT2D eigenvalue weighted by Gasteiger charge is 2.28. The molecule has 1 aromatic heterocycles. The lowest BCUT2D eigenvalue weighted by Gasteiger charge is -2.31. The molecule has 1 N–H and O–H groups in total. The number of amides is 2. The molecule has 2 aromatic rings. The van der Waals surface area contributed by atoms with Crippen molar-refractivity contribution < 1.29 is 19.1 Å². The summed E-state index contributed by atoms with van der Waals surface area (Å²) in [6.45, 7) is 1.95. The summed E-state index contributed by atoms with van der Waals surface area (Å²) in [5.74, 6) is 1.53. The number of carbonyl (C=O) groups excluding carboxylic acids is 2. The average molecular weight is 372 g/mol. The second-order valence-corrected chi connectivity index (χ2v) is 7.40. The van der Waals surface area contributed by atoms with Crippen LogP contribution in [-0.4, -0.2) is 36.6 Å². The highest BCUT2D eigenvalue weighted by molar-refractivity contribution is 7.12. The van der Waals surface area contributed by atoms with Crippen LogP contribution in [0.25, 0.3) is 0 Å². The van der Waals surface area contributed by atoms with E-state index in [0.29, 0.717) is 32.5 Å². The van der Waals surface area contributed by atoms with Gasteiger partial charge in [-0.2, -0.15) is 0 Å². The molecule has 26 heavy (non-hydrogen) atoms. The van der Waals surface area contributed by atoms with Gasteiger partial charge in [0.1, 0.15) is 0 Å². The number of fused-ring (bicyclic) bond motifs is 1. The third-order valence-electron chi connectivity index (χ3n) is 4.79. The molecule has 136 valence electrons. The molecule has 0 spiro atoms. The predicted octanol–water partition coefficient (Wildman–Crippen LogP) is 2.65. The Kier molecular flexibility index (Phi) is 4.79. The van der Waals surface area contributed by atoms with E-state index in [1.54, 1.807) is 0 Å². The number of carbonyl (C=O) groups is 2. The van der Waals surface area contributed by atoms with Crippen LogP contribution in [0.15, 0.2) is 35.7 Å². The number of nitrogens with zero attached hydrogens (tertiary/aromatic N) is 1. The lowest BCUT2D eigenvalue weighted by Crippen LogP contribution is -2.42. The van der Waals surface area contributed by atoms with Gasteiger partial charge < -0.3 is 19.7 Å². The van der Waals surface area contributed by atoms with E-state index in [0.717, 1.165) is 21.9 Å². The third kappa shape index (κ3) is 3.53. The quantitative estimate of drug-likeness (QED) is 0.896. The van der Waals surface area contributed by atoms with Gasteiger partial charge in [-0.1, -0.05) is 12.1 Å². The van der Waals surface area contributed by atoms with Crippen LogP contribution in [0.2, 0.25) is 0 Å². The van der Waals surface area contributed by atoms with Crippen LogP contribution in [-0.2, 0) is 11.3 Å². The molecule has 6 nitrogen and oxygen atoms in total. The number of rotatable bonds is 4. The van der Waals surface area contributed by atoms with Crippen molar-refractivity contribution in [2.45, 2.75) is 19.4 Å². The molecule has 1 fully saturated rings. The topological polar surface area (TPSA) is 67.9 Å². The highest BCUT2D eigenvalue weighted by atomic mass is 32.1. The number of thiophene rings is 1. The molecular formula is C19H20N2O4S. The monoisotopic (exact) mass is 372 g/mol. The van der Waals surface area contributed by atoms with Gasteiger partial charge in [-0.05, 0) is 42.0 Å². The summed E-state index contributed by atoms with van der Waals surface area (Å²) < 4.78 is 10.6. The zero-order valence-corrected chi connectivity index (χ0v) is 15.1. The van der Waals surface area contributed by atoms with Gasteiger partial charge in [0.25, 0.3) is 5.91 Å². The molecule has 0 saturated carbocycles. The molecule has 2 amide bonds. The summed E-state index contributed by atoms with van der Waals surface area (Å²) in [6, 6.07) is 9.41. The molecule has 2 aliphatic rings. The van der Waals surface area contributed by atoms with Crippen molar-refractivity contribution >= 4 is 23.2 Å². The minimum Gasteiger partial charge on any atom is -0.454 e. The number of hydrogen-bond donors (Lipinski definition) is 1. The highest BCUT2D eigenvalue weighted by Crippen LogP contribution is 2.32. The van der Waals surface area contributed by atoms with E-state index in [1.807, 2.05) is 40.6 Å². The van der Waals surface area contributed by atoms with Gasteiger partial charge in [0.05, 0.1) is 4.88 Å². The van der Waals surface area contributed by atoms with Crippen molar-refractivity contribution in [1.29, 1.82) is 0 Å². The van der Waals surface area contributed by atoms with Crippen molar-refractivity contribution in [3.63, 3.8) is 0 Å². The minimum atomic E-state index is -0.0450. The normalized spacial score (nSPS) is 16.5. The Labute approximate surface area is 155 Å². The number of ether oxygens (including phenoxy) is 2. The van der Waals surface area contributed by atoms with Crippen molar-refractivity contribution in [2.24, 2.45) is 5.92 Å². The fourth-order valence-corrected chi connectivity index (χ4v) is 3.98. The van der Waals surface area contributed by atoms with Gasteiger partial charge >= 0.3 is 0 Å². The summed E-state index contributed by atoms with van der Waals surface area (Å²) in [5, 5.41) is 4.90. The average Bonchev–Trinajstić information content (AvgIpc) is 3.37. The Morgan fingerprint density at radius 3 is 2.73 bits per heavy atom. The molecule has 7 heteroatoms. The first kappa shape index (κ1) is 16.9. The first-order chi connectivity index (χ1) is 12.7. The van der Waals surface area contributed by atoms with Gasteiger partial charge in [-0.3, -0.25) is 9.59 Å². The summed E-state index contributed by atoms with van der Waals surface area (Å²) in [6.07, 6.45) is 1.40. The molecule has 4 rings (SSSR count). The SMILES string of the molecule is O=C(NCc1ccc2c(c1)OCO2)C1CCN(C(=O)c2cccs2)CC1. The van der Waals surface area contributed by atoms with Gasteiger partial charge in [0.2, 0.25) is 12.7 Å². The first-order valence-corrected chi connectivity index (χ1v) is 9.58. The summed E-state index contributed by atoms with van der Waals surface area (Å²) in [5.41, 5.74) is 0.980. The van der Waals surface area contributed by atoms with Crippen LogP contribution in [0.1, 0.15) is 28.1 Å². The predicted molar refractivity (Wildman–Crippen MR) is 97.4 cm³/mol. The number of hydrogen-bond acceptors (Lipinski definition) is 5. The summed E-state index contributed by atoms with van der Waals surface area (Å²) in [4.78, 5) is 27.4. The fourth-order valence-electron chi connectivity index (χ4n) is 3.29. The van der Waals surface area contributed by atoms with Gasteiger partial charge in [-0.15, -0.1) is 11.3 Å². The van der Waals surface area contributed by atoms with E-state index >= 15 is 0 Å². The Morgan fingerprint density at radius 1 is 1.15 bits per heavy atom. The maximum Gasteiger partial charge on any atom is 0.263 e.